The van der Waals surface area contributed by atoms with Gasteiger partial charge < -0.3 is 19.5 Å². The number of rotatable bonds is 8. The van der Waals surface area contributed by atoms with E-state index < -0.39 is 26.3 Å². The molecule has 1 aromatic carbocycles. The van der Waals surface area contributed by atoms with Crippen molar-refractivity contribution in [3.63, 3.8) is 0 Å². The molecule has 2 aliphatic heterocycles. The van der Waals surface area contributed by atoms with Crippen LogP contribution in [0.5, 0.6) is 5.75 Å². The van der Waals surface area contributed by atoms with Gasteiger partial charge in [-0.2, -0.15) is 4.40 Å². The highest BCUT2D eigenvalue weighted by Gasteiger charge is 2.60. The number of carbonyl (C=O) groups excluding carboxylic acids is 1. The Morgan fingerprint density at radius 2 is 2.00 bits per heavy atom. The number of amides is 1. The van der Waals surface area contributed by atoms with Crippen LogP contribution >= 0.6 is 23.1 Å². The van der Waals surface area contributed by atoms with Crippen LogP contribution < -0.4 is 8.99 Å². The molecule has 0 saturated carbocycles. The Bertz CT molecular complexity index is 1530. The van der Waals surface area contributed by atoms with Crippen LogP contribution in [-0.4, -0.2) is 58.1 Å². The maximum Gasteiger partial charge on any atom is 0.352 e. The number of imidazole rings is 1. The second-order valence-electron chi connectivity index (χ2n) is 12.4. The summed E-state index contributed by atoms with van der Waals surface area (Å²) in [5.74, 6) is -1.30. The van der Waals surface area contributed by atoms with Crippen LogP contribution in [-0.2, 0) is 16.1 Å². The van der Waals surface area contributed by atoms with E-state index in [4.69, 9.17) is 4.43 Å². The van der Waals surface area contributed by atoms with Gasteiger partial charge in [-0.05, 0) is 49.0 Å². The fraction of sp³-hybridized carbons (Fsp3) is 0.483. The van der Waals surface area contributed by atoms with Gasteiger partial charge in [0.1, 0.15) is 24.2 Å². The number of carboxylic acids is 1. The molecular formula is C29H38N3O5S2Si+. The fourth-order valence-corrected chi connectivity index (χ4v) is 8.82. The molecule has 1 saturated heterocycles. The molecule has 2 N–H and O–H groups in total. The SMILES string of the molecule is CSc1c2sc(C3=C(C(=O)O)N4C(=O)[C@H]([C@@H](C)O)[C@H]4[C@H]3C)cn2c[n+]1Cc1cccc(O[Si](C)(C)C(C)(C)C)c1. The minimum Gasteiger partial charge on any atom is -0.543 e. The molecule has 3 aromatic rings. The Balaban J connectivity index is 1.46. The number of carboxylic acid groups (broad SMARTS) is 1. The van der Waals surface area contributed by atoms with Crippen LogP contribution in [0.25, 0.3) is 10.4 Å². The van der Waals surface area contributed by atoms with Crippen molar-refractivity contribution in [2.24, 2.45) is 11.8 Å². The first-order valence-electron chi connectivity index (χ1n) is 13.5. The van der Waals surface area contributed by atoms with Crippen molar-refractivity contribution in [1.29, 1.82) is 0 Å². The monoisotopic (exact) mass is 600 g/mol. The highest BCUT2D eigenvalue weighted by molar-refractivity contribution is 7.98. The molecule has 11 heteroatoms. The van der Waals surface area contributed by atoms with E-state index in [9.17, 15) is 19.8 Å². The summed E-state index contributed by atoms with van der Waals surface area (Å²) in [6.07, 6.45) is 5.23. The molecule has 0 unspecified atom stereocenters. The molecular weight excluding hydrogens is 563 g/mol. The summed E-state index contributed by atoms with van der Waals surface area (Å²) in [5, 5.41) is 21.4. The first-order chi connectivity index (χ1) is 18.7. The number of aliphatic hydroxyl groups excluding tert-OH is 1. The van der Waals surface area contributed by atoms with E-state index in [0.29, 0.717) is 12.1 Å². The summed E-state index contributed by atoms with van der Waals surface area (Å²) >= 11 is 3.19. The smallest absolute Gasteiger partial charge is 0.352 e. The first kappa shape index (κ1) is 28.9. The van der Waals surface area contributed by atoms with Gasteiger partial charge in [-0.25, -0.2) is 9.36 Å². The molecule has 0 aliphatic carbocycles. The van der Waals surface area contributed by atoms with Gasteiger partial charge in [0.2, 0.25) is 24.1 Å². The van der Waals surface area contributed by atoms with Gasteiger partial charge in [0, 0.05) is 11.5 Å². The fourth-order valence-electron chi connectivity index (χ4n) is 5.62. The Morgan fingerprint density at radius 3 is 2.60 bits per heavy atom. The van der Waals surface area contributed by atoms with Crippen molar-refractivity contribution >= 4 is 53.7 Å². The van der Waals surface area contributed by atoms with Crippen LogP contribution in [0.2, 0.25) is 18.1 Å². The van der Waals surface area contributed by atoms with Crippen LogP contribution in [0.15, 0.2) is 47.5 Å². The van der Waals surface area contributed by atoms with Gasteiger partial charge in [0.15, 0.2) is 0 Å². The van der Waals surface area contributed by atoms with Gasteiger partial charge in [0.05, 0.1) is 22.9 Å². The molecule has 2 aliphatic rings. The zero-order chi connectivity index (χ0) is 29.3. The van der Waals surface area contributed by atoms with Crippen LogP contribution in [0.3, 0.4) is 0 Å². The van der Waals surface area contributed by atoms with Gasteiger partial charge in [-0.3, -0.25) is 4.79 Å². The van der Waals surface area contributed by atoms with E-state index in [1.807, 2.05) is 42.2 Å². The summed E-state index contributed by atoms with van der Waals surface area (Å²) in [4.78, 5) is 28.3. The van der Waals surface area contributed by atoms with Gasteiger partial charge >= 0.3 is 5.97 Å². The Hall–Kier alpha value is -2.60. The molecule has 0 radical (unpaired) electrons. The lowest BCUT2D eigenvalue weighted by molar-refractivity contribution is -0.721. The normalized spacial score (nSPS) is 22.1. The topological polar surface area (TPSA) is 95.4 Å². The molecule has 1 fully saturated rings. The number of aliphatic hydroxyl groups is 1. The van der Waals surface area contributed by atoms with Crippen molar-refractivity contribution < 1.29 is 28.8 Å². The molecule has 8 nitrogen and oxygen atoms in total. The summed E-state index contributed by atoms with van der Waals surface area (Å²) in [6, 6.07) is 7.97. The van der Waals surface area contributed by atoms with E-state index in [1.165, 1.54) is 16.2 Å². The number of hydrogen-bond acceptors (Lipinski definition) is 6. The summed E-state index contributed by atoms with van der Waals surface area (Å²) in [6.45, 7) is 15.4. The number of fused-ring (bicyclic) bond motifs is 2. The van der Waals surface area contributed by atoms with Gasteiger partial charge in [-0.1, -0.05) is 62.9 Å². The minimum atomic E-state index is -1.95. The predicted octanol–water partition coefficient (Wildman–Crippen LogP) is 5.10. The predicted molar refractivity (Wildman–Crippen MR) is 160 cm³/mol. The number of aromatic nitrogens is 2. The Labute approximate surface area is 244 Å². The average molecular weight is 601 g/mol. The van der Waals surface area contributed by atoms with E-state index in [1.54, 1.807) is 18.7 Å². The zero-order valence-corrected chi connectivity index (χ0v) is 26.9. The third kappa shape index (κ3) is 4.60. The number of β-lactam (4-membered cyclic amide) rings is 1. The number of hydrogen-bond donors (Lipinski definition) is 2. The molecule has 2 aromatic heterocycles. The van der Waals surface area contributed by atoms with Crippen molar-refractivity contribution in [3.05, 3.63) is 52.9 Å². The maximum atomic E-state index is 12.8. The second kappa shape index (κ2) is 10.0. The number of carbonyl (C=O) groups is 2. The lowest BCUT2D eigenvalue weighted by Gasteiger charge is -2.46. The largest absolute Gasteiger partial charge is 0.543 e. The van der Waals surface area contributed by atoms with Crippen molar-refractivity contribution in [2.75, 3.05) is 6.26 Å². The maximum absolute atomic E-state index is 12.8. The first-order valence-corrected chi connectivity index (χ1v) is 18.5. The van der Waals surface area contributed by atoms with E-state index in [0.717, 1.165) is 26.0 Å². The summed E-state index contributed by atoms with van der Waals surface area (Å²) < 4.78 is 10.8. The molecule has 5 rings (SSSR count). The molecule has 0 spiro atoms. The van der Waals surface area contributed by atoms with Crippen LogP contribution in [0, 0.1) is 11.8 Å². The lowest BCUT2D eigenvalue weighted by atomic mass is 9.77. The minimum absolute atomic E-state index is 0.0426. The molecule has 40 heavy (non-hydrogen) atoms. The molecule has 0 bridgehead atoms. The number of benzene rings is 1. The van der Waals surface area contributed by atoms with Gasteiger partial charge in [-0.15, -0.1) is 0 Å². The van der Waals surface area contributed by atoms with Crippen LogP contribution in [0.1, 0.15) is 45.1 Å². The standard InChI is InChI=1S/C29H37N3O5S2Si/c1-16-21(24(28(35)36)32-23(16)22(17(2)33)25(32)34)20-14-31-15-30(26(38-6)27(31)39-20)13-18-10-9-11-19(12-18)37-40(7,8)29(3,4)5/h9-12,14-17,22-23,33H,13H2,1-8H3/p+1/t16-,17+,22+,23+/m0/s1. The number of thiazole rings is 1. The van der Waals surface area contributed by atoms with E-state index in [2.05, 4.69) is 50.6 Å². The molecule has 4 heterocycles. The lowest BCUT2D eigenvalue weighted by Crippen LogP contribution is -2.63. The van der Waals surface area contributed by atoms with Crippen LogP contribution in [0.4, 0.5) is 0 Å². The number of nitrogens with zero attached hydrogens (tertiary/aromatic N) is 3. The highest BCUT2D eigenvalue weighted by atomic mass is 32.2. The summed E-state index contributed by atoms with van der Waals surface area (Å²) in [5.41, 5.74) is 1.85. The summed E-state index contributed by atoms with van der Waals surface area (Å²) in [7, 11) is -1.95. The molecule has 4 atom stereocenters. The molecule has 1 amide bonds. The Kier molecular flexibility index (Phi) is 7.26. The van der Waals surface area contributed by atoms with Crippen molar-refractivity contribution in [3.8, 4) is 5.75 Å². The Morgan fingerprint density at radius 1 is 1.30 bits per heavy atom. The van der Waals surface area contributed by atoms with E-state index in [-0.39, 0.29) is 28.6 Å². The third-order valence-corrected chi connectivity index (χ3v) is 15.1. The quantitative estimate of drug-likeness (QED) is 0.162. The molecule has 214 valence electrons. The van der Waals surface area contributed by atoms with Crippen molar-refractivity contribution in [1.82, 2.24) is 9.30 Å². The van der Waals surface area contributed by atoms with Crippen molar-refractivity contribution in [2.45, 2.75) is 76.5 Å². The zero-order valence-electron chi connectivity index (χ0n) is 24.3. The number of thioether (sulfide) groups is 1. The second-order valence-corrected chi connectivity index (χ2v) is 18.9. The highest BCUT2D eigenvalue weighted by Crippen LogP contribution is 2.51. The third-order valence-electron chi connectivity index (χ3n) is 8.67. The van der Waals surface area contributed by atoms with Gasteiger partial charge in [0.25, 0.3) is 6.33 Å². The average Bonchev–Trinajstić information content (AvgIpc) is 3.45. The number of aliphatic carboxylic acids is 1. The van der Waals surface area contributed by atoms with E-state index >= 15 is 0 Å².